The molecule has 1 saturated heterocycles. The Morgan fingerprint density at radius 3 is 2.75 bits per heavy atom. The number of benzene rings is 2. The SMILES string of the molecule is CCn1c2ccccc2c2cc(/C=C3\SC(=NC4CCCC4)NC3=O)ccc21. The molecule has 2 aliphatic rings. The highest BCUT2D eigenvalue weighted by atomic mass is 32.2. The van der Waals surface area contributed by atoms with Gasteiger partial charge in [0.25, 0.3) is 5.91 Å². The fourth-order valence-electron chi connectivity index (χ4n) is 4.34. The van der Waals surface area contributed by atoms with Crippen LogP contribution in [0.1, 0.15) is 38.2 Å². The van der Waals surface area contributed by atoms with Gasteiger partial charge in [-0.25, -0.2) is 0 Å². The number of aromatic nitrogens is 1. The van der Waals surface area contributed by atoms with E-state index < -0.39 is 0 Å². The summed E-state index contributed by atoms with van der Waals surface area (Å²) in [5.41, 5.74) is 3.54. The summed E-state index contributed by atoms with van der Waals surface area (Å²) in [5.74, 6) is -0.0437. The normalized spacial score (nSPS) is 20.8. The van der Waals surface area contributed by atoms with Gasteiger partial charge in [-0.2, -0.15) is 0 Å². The minimum absolute atomic E-state index is 0.0437. The molecule has 3 aromatic rings. The molecule has 0 bridgehead atoms. The molecule has 0 atom stereocenters. The van der Waals surface area contributed by atoms with Gasteiger partial charge in [0, 0.05) is 28.4 Å². The number of hydrogen-bond acceptors (Lipinski definition) is 3. The van der Waals surface area contributed by atoms with Crippen molar-refractivity contribution in [1.29, 1.82) is 0 Å². The molecule has 5 rings (SSSR count). The Kier molecular flexibility index (Phi) is 4.47. The fourth-order valence-corrected chi connectivity index (χ4v) is 5.23. The molecule has 1 saturated carbocycles. The summed E-state index contributed by atoms with van der Waals surface area (Å²) >= 11 is 1.46. The van der Waals surface area contributed by atoms with Crippen LogP contribution in [0, 0.1) is 0 Å². The molecule has 1 aliphatic carbocycles. The molecule has 142 valence electrons. The third-order valence-corrected chi connectivity index (χ3v) is 6.61. The predicted octanol–water partition coefficient (Wildman–Crippen LogP) is 5.32. The Balaban J connectivity index is 1.51. The van der Waals surface area contributed by atoms with E-state index in [1.54, 1.807) is 0 Å². The molecule has 1 aliphatic heterocycles. The smallest absolute Gasteiger partial charge is 0.264 e. The highest BCUT2D eigenvalue weighted by Gasteiger charge is 2.25. The van der Waals surface area contributed by atoms with E-state index in [4.69, 9.17) is 4.99 Å². The van der Waals surface area contributed by atoms with Crippen molar-refractivity contribution in [3.63, 3.8) is 0 Å². The zero-order valence-corrected chi connectivity index (χ0v) is 16.8. The van der Waals surface area contributed by atoms with E-state index in [1.165, 1.54) is 46.4 Å². The first-order chi connectivity index (χ1) is 13.7. The summed E-state index contributed by atoms with van der Waals surface area (Å²) in [6.45, 7) is 3.11. The van der Waals surface area contributed by atoms with Gasteiger partial charge >= 0.3 is 0 Å². The van der Waals surface area contributed by atoms with Gasteiger partial charge in [-0.15, -0.1) is 0 Å². The Morgan fingerprint density at radius 1 is 1.14 bits per heavy atom. The third kappa shape index (κ3) is 3.04. The van der Waals surface area contributed by atoms with Crippen LogP contribution in [0.2, 0.25) is 0 Å². The van der Waals surface area contributed by atoms with Crippen LogP contribution in [0.3, 0.4) is 0 Å². The van der Waals surface area contributed by atoms with Crippen molar-refractivity contribution < 1.29 is 4.79 Å². The van der Waals surface area contributed by atoms with Gasteiger partial charge in [-0.05, 0) is 61.4 Å². The number of rotatable bonds is 3. The van der Waals surface area contributed by atoms with E-state index in [-0.39, 0.29) is 5.91 Å². The summed E-state index contributed by atoms with van der Waals surface area (Å²) < 4.78 is 2.34. The number of para-hydroxylation sites is 1. The summed E-state index contributed by atoms with van der Waals surface area (Å²) in [7, 11) is 0. The Morgan fingerprint density at radius 2 is 1.93 bits per heavy atom. The number of nitrogens with zero attached hydrogens (tertiary/aromatic N) is 2. The van der Waals surface area contributed by atoms with Crippen LogP contribution in [0.25, 0.3) is 27.9 Å². The maximum absolute atomic E-state index is 12.4. The van der Waals surface area contributed by atoms with Gasteiger partial charge in [0.2, 0.25) is 0 Å². The zero-order chi connectivity index (χ0) is 19.1. The minimum Gasteiger partial charge on any atom is -0.341 e. The molecule has 1 N–H and O–H groups in total. The molecule has 2 heterocycles. The Labute approximate surface area is 168 Å². The van der Waals surface area contributed by atoms with Crippen LogP contribution in [-0.4, -0.2) is 21.7 Å². The third-order valence-electron chi connectivity index (χ3n) is 5.69. The Bertz CT molecular complexity index is 1140. The highest BCUT2D eigenvalue weighted by molar-refractivity contribution is 8.18. The van der Waals surface area contributed by atoms with Crippen molar-refractivity contribution >= 4 is 50.7 Å². The average molecular weight is 390 g/mol. The van der Waals surface area contributed by atoms with Gasteiger partial charge in [0.1, 0.15) is 0 Å². The second-order valence-electron chi connectivity index (χ2n) is 7.48. The second kappa shape index (κ2) is 7.13. The molecule has 28 heavy (non-hydrogen) atoms. The molecule has 1 amide bonds. The lowest BCUT2D eigenvalue weighted by atomic mass is 10.1. The predicted molar refractivity (Wildman–Crippen MR) is 119 cm³/mol. The number of aryl methyl sites for hydroxylation is 1. The van der Waals surface area contributed by atoms with Gasteiger partial charge < -0.3 is 9.88 Å². The molecule has 0 radical (unpaired) electrons. The summed E-state index contributed by atoms with van der Waals surface area (Å²) in [6.07, 6.45) is 6.74. The lowest BCUT2D eigenvalue weighted by Gasteiger charge is -2.03. The molecule has 5 heteroatoms. The summed E-state index contributed by atoms with van der Waals surface area (Å²) in [5, 5.41) is 6.18. The number of carbonyl (C=O) groups is 1. The first-order valence-electron chi connectivity index (χ1n) is 10.0. The number of aliphatic imine (C=N–C) groups is 1. The average Bonchev–Trinajstić information content (AvgIpc) is 3.41. The van der Waals surface area contributed by atoms with E-state index in [0.717, 1.165) is 35.0 Å². The topological polar surface area (TPSA) is 46.4 Å². The molecule has 0 spiro atoms. The number of amidine groups is 1. The van der Waals surface area contributed by atoms with Crippen LogP contribution >= 0.6 is 11.8 Å². The number of thioether (sulfide) groups is 1. The van der Waals surface area contributed by atoms with Gasteiger partial charge in [0.15, 0.2) is 5.17 Å². The lowest BCUT2D eigenvalue weighted by Crippen LogP contribution is -2.21. The van der Waals surface area contributed by atoms with Crippen LogP contribution in [0.15, 0.2) is 52.4 Å². The van der Waals surface area contributed by atoms with Crippen LogP contribution < -0.4 is 5.32 Å². The molecular weight excluding hydrogens is 366 g/mol. The van der Waals surface area contributed by atoms with E-state index in [1.807, 2.05) is 6.08 Å². The van der Waals surface area contributed by atoms with Gasteiger partial charge in [-0.3, -0.25) is 9.79 Å². The maximum Gasteiger partial charge on any atom is 0.264 e. The number of carbonyl (C=O) groups excluding carboxylic acids is 1. The van der Waals surface area contributed by atoms with Crippen molar-refractivity contribution in [2.75, 3.05) is 0 Å². The van der Waals surface area contributed by atoms with E-state index >= 15 is 0 Å². The fraction of sp³-hybridized carbons (Fsp3) is 0.304. The number of amides is 1. The van der Waals surface area contributed by atoms with Crippen LogP contribution in [-0.2, 0) is 11.3 Å². The van der Waals surface area contributed by atoms with Crippen molar-refractivity contribution in [3.05, 3.63) is 52.9 Å². The lowest BCUT2D eigenvalue weighted by molar-refractivity contribution is -0.115. The van der Waals surface area contributed by atoms with E-state index in [2.05, 4.69) is 59.3 Å². The first-order valence-corrected chi connectivity index (χ1v) is 10.8. The highest BCUT2D eigenvalue weighted by Crippen LogP contribution is 2.32. The number of hydrogen-bond donors (Lipinski definition) is 1. The first kappa shape index (κ1) is 17.6. The standard InChI is InChI=1S/C23H23N3OS/c1-2-26-19-10-6-5-9-17(19)18-13-15(11-12-20(18)26)14-21-22(27)25-23(28-21)24-16-7-3-4-8-16/h5-6,9-14,16H,2-4,7-8H2,1H3,(H,24,25,27)/b21-14-. The van der Waals surface area contributed by atoms with Crippen molar-refractivity contribution in [1.82, 2.24) is 9.88 Å². The zero-order valence-electron chi connectivity index (χ0n) is 15.9. The number of fused-ring (bicyclic) bond motifs is 3. The molecule has 2 aromatic carbocycles. The molecule has 2 fully saturated rings. The minimum atomic E-state index is -0.0437. The summed E-state index contributed by atoms with van der Waals surface area (Å²) in [6, 6.07) is 15.3. The molecule has 4 nitrogen and oxygen atoms in total. The summed E-state index contributed by atoms with van der Waals surface area (Å²) in [4.78, 5) is 17.8. The van der Waals surface area contributed by atoms with E-state index in [0.29, 0.717) is 6.04 Å². The van der Waals surface area contributed by atoms with Crippen molar-refractivity contribution in [3.8, 4) is 0 Å². The van der Waals surface area contributed by atoms with E-state index in [9.17, 15) is 4.79 Å². The maximum atomic E-state index is 12.4. The van der Waals surface area contributed by atoms with Gasteiger partial charge in [-0.1, -0.05) is 37.1 Å². The number of nitrogens with one attached hydrogen (secondary N) is 1. The van der Waals surface area contributed by atoms with Crippen LogP contribution in [0.5, 0.6) is 0 Å². The molecule has 0 unspecified atom stereocenters. The van der Waals surface area contributed by atoms with Crippen LogP contribution in [0.4, 0.5) is 0 Å². The second-order valence-corrected chi connectivity index (χ2v) is 8.51. The Hall–Kier alpha value is -2.53. The quantitative estimate of drug-likeness (QED) is 0.617. The van der Waals surface area contributed by atoms with Crippen molar-refractivity contribution in [2.24, 2.45) is 4.99 Å². The van der Waals surface area contributed by atoms with Gasteiger partial charge in [0.05, 0.1) is 10.9 Å². The molecule has 1 aromatic heterocycles. The molecular formula is C23H23N3OS. The van der Waals surface area contributed by atoms with Crippen molar-refractivity contribution in [2.45, 2.75) is 45.2 Å². The largest absolute Gasteiger partial charge is 0.341 e. The monoisotopic (exact) mass is 389 g/mol.